The maximum atomic E-state index is 12.8. The maximum absolute atomic E-state index is 12.8. The van der Waals surface area contributed by atoms with Gasteiger partial charge in [0.2, 0.25) is 0 Å². The molecule has 0 atom stereocenters. The average molecular weight is 358 g/mol. The zero-order valence-electron chi connectivity index (χ0n) is 14.6. The summed E-state index contributed by atoms with van der Waals surface area (Å²) in [7, 11) is 0. The lowest BCUT2D eigenvalue weighted by molar-refractivity contribution is 0.0946. The van der Waals surface area contributed by atoms with Crippen LogP contribution >= 0.6 is 0 Å². The zero-order chi connectivity index (χ0) is 18.5. The molecule has 0 radical (unpaired) electrons. The van der Waals surface area contributed by atoms with E-state index < -0.39 is 0 Å². The molecule has 0 aliphatic carbocycles. The van der Waals surface area contributed by atoms with Crippen molar-refractivity contribution in [3.8, 4) is 17.1 Å². The number of nitrogens with one attached hydrogen (secondary N) is 1. The third-order valence-corrected chi connectivity index (χ3v) is 4.14. The van der Waals surface area contributed by atoms with Crippen LogP contribution in [0.3, 0.4) is 0 Å². The molecule has 6 heteroatoms. The maximum Gasteiger partial charge on any atom is 0.270 e. The van der Waals surface area contributed by atoms with Crippen LogP contribution in [0.25, 0.3) is 17.1 Å². The molecular formula is C21H18N4O2. The van der Waals surface area contributed by atoms with E-state index in [9.17, 15) is 4.79 Å². The third-order valence-electron chi connectivity index (χ3n) is 4.14. The van der Waals surface area contributed by atoms with Gasteiger partial charge in [0.1, 0.15) is 11.4 Å². The van der Waals surface area contributed by atoms with Gasteiger partial charge in [-0.05, 0) is 42.3 Å². The molecule has 3 heterocycles. The van der Waals surface area contributed by atoms with E-state index in [-0.39, 0.29) is 5.91 Å². The van der Waals surface area contributed by atoms with Crippen molar-refractivity contribution in [3.63, 3.8) is 0 Å². The Hall–Kier alpha value is -3.67. The van der Waals surface area contributed by atoms with Crippen molar-refractivity contribution in [3.05, 3.63) is 90.6 Å². The van der Waals surface area contributed by atoms with Gasteiger partial charge in [-0.1, -0.05) is 24.3 Å². The highest BCUT2D eigenvalue weighted by molar-refractivity contribution is 5.94. The van der Waals surface area contributed by atoms with Gasteiger partial charge >= 0.3 is 0 Å². The lowest BCUT2D eigenvalue weighted by atomic mass is 10.2. The van der Waals surface area contributed by atoms with Crippen LogP contribution in [-0.2, 0) is 6.42 Å². The molecule has 1 amide bonds. The number of pyridine rings is 1. The van der Waals surface area contributed by atoms with E-state index >= 15 is 0 Å². The van der Waals surface area contributed by atoms with E-state index in [4.69, 9.17) is 4.42 Å². The fourth-order valence-corrected chi connectivity index (χ4v) is 2.81. The molecule has 0 saturated carbocycles. The summed E-state index contributed by atoms with van der Waals surface area (Å²) >= 11 is 0. The molecule has 0 unspecified atom stereocenters. The van der Waals surface area contributed by atoms with Crippen molar-refractivity contribution < 1.29 is 9.21 Å². The second-order valence-electron chi connectivity index (χ2n) is 6.01. The minimum atomic E-state index is -0.187. The number of benzene rings is 1. The van der Waals surface area contributed by atoms with Gasteiger partial charge in [0.25, 0.3) is 5.91 Å². The highest BCUT2D eigenvalue weighted by Crippen LogP contribution is 2.22. The average Bonchev–Trinajstić information content (AvgIpc) is 3.39. The fraction of sp³-hybridized carbons (Fsp3) is 0.0952. The summed E-state index contributed by atoms with van der Waals surface area (Å²) in [5.41, 5.74) is 2.96. The molecule has 0 aliphatic rings. The van der Waals surface area contributed by atoms with Crippen molar-refractivity contribution >= 4 is 5.91 Å². The summed E-state index contributed by atoms with van der Waals surface area (Å²) in [5.74, 6) is 0.433. The van der Waals surface area contributed by atoms with Crippen LogP contribution in [0.1, 0.15) is 16.1 Å². The second kappa shape index (κ2) is 7.70. The van der Waals surface area contributed by atoms with Gasteiger partial charge in [-0.15, -0.1) is 0 Å². The van der Waals surface area contributed by atoms with Crippen LogP contribution in [0.2, 0.25) is 0 Å². The summed E-state index contributed by atoms with van der Waals surface area (Å²) < 4.78 is 7.06. The number of carbonyl (C=O) groups is 1. The number of para-hydroxylation sites is 1. The second-order valence-corrected chi connectivity index (χ2v) is 6.01. The summed E-state index contributed by atoms with van der Waals surface area (Å²) in [6.45, 7) is 0.514. The molecule has 4 aromatic rings. The predicted octanol–water partition coefficient (Wildman–Crippen LogP) is 3.50. The Morgan fingerprint density at radius 2 is 1.96 bits per heavy atom. The largest absolute Gasteiger partial charge is 0.463 e. The topological polar surface area (TPSA) is 73.0 Å². The van der Waals surface area contributed by atoms with E-state index in [1.165, 1.54) is 0 Å². The first-order valence-corrected chi connectivity index (χ1v) is 8.68. The van der Waals surface area contributed by atoms with Crippen molar-refractivity contribution in [2.45, 2.75) is 6.42 Å². The van der Waals surface area contributed by atoms with Gasteiger partial charge in [-0.3, -0.25) is 9.78 Å². The van der Waals surface area contributed by atoms with Gasteiger partial charge in [0.15, 0.2) is 5.76 Å². The van der Waals surface area contributed by atoms with Crippen LogP contribution in [0.15, 0.2) is 83.7 Å². The predicted molar refractivity (Wildman–Crippen MR) is 102 cm³/mol. The molecule has 0 fully saturated rings. The third kappa shape index (κ3) is 3.79. The Balaban J connectivity index is 1.57. The SMILES string of the molecule is O=C(NCCc1cccnc1)c1cc(-c2ccco2)nn1-c1ccccc1. The monoisotopic (exact) mass is 358 g/mol. The van der Waals surface area contributed by atoms with E-state index in [0.717, 1.165) is 11.3 Å². The molecule has 3 aromatic heterocycles. The summed E-state index contributed by atoms with van der Waals surface area (Å²) in [6, 6.07) is 18.8. The Morgan fingerprint density at radius 1 is 1.07 bits per heavy atom. The molecular weight excluding hydrogens is 340 g/mol. The smallest absolute Gasteiger partial charge is 0.270 e. The Labute approximate surface area is 156 Å². The lowest BCUT2D eigenvalue weighted by Crippen LogP contribution is -2.27. The van der Waals surface area contributed by atoms with E-state index in [0.29, 0.717) is 30.1 Å². The number of hydrogen-bond donors (Lipinski definition) is 1. The zero-order valence-corrected chi connectivity index (χ0v) is 14.6. The molecule has 6 nitrogen and oxygen atoms in total. The van der Waals surface area contributed by atoms with E-state index in [1.54, 1.807) is 35.5 Å². The van der Waals surface area contributed by atoms with E-state index in [1.807, 2.05) is 48.5 Å². The van der Waals surface area contributed by atoms with Crippen LogP contribution in [0.4, 0.5) is 0 Å². The normalized spacial score (nSPS) is 10.7. The number of rotatable bonds is 6. The van der Waals surface area contributed by atoms with Gasteiger partial charge < -0.3 is 9.73 Å². The molecule has 27 heavy (non-hydrogen) atoms. The van der Waals surface area contributed by atoms with Crippen molar-refractivity contribution in [1.82, 2.24) is 20.1 Å². The van der Waals surface area contributed by atoms with Crippen molar-refractivity contribution in [2.75, 3.05) is 6.54 Å². The number of hydrogen-bond acceptors (Lipinski definition) is 4. The minimum absolute atomic E-state index is 0.187. The van der Waals surface area contributed by atoms with E-state index in [2.05, 4.69) is 15.4 Å². The molecule has 0 saturated heterocycles. The standard InChI is InChI=1S/C21H18N4O2/c26-21(23-12-10-16-6-4-11-22-15-16)19-14-18(20-9-5-13-27-20)24-25(19)17-7-2-1-3-8-17/h1-9,11,13-15H,10,12H2,(H,23,26). The molecule has 0 aliphatic heterocycles. The van der Waals surface area contributed by atoms with Crippen LogP contribution in [-0.4, -0.2) is 27.2 Å². The summed E-state index contributed by atoms with van der Waals surface area (Å²) in [6.07, 6.45) is 5.83. The van der Waals surface area contributed by atoms with Crippen molar-refractivity contribution in [1.29, 1.82) is 0 Å². The number of carbonyl (C=O) groups excluding carboxylic acids is 1. The van der Waals surface area contributed by atoms with Crippen LogP contribution < -0.4 is 5.32 Å². The highest BCUT2D eigenvalue weighted by Gasteiger charge is 2.18. The quantitative estimate of drug-likeness (QED) is 0.572. The van der Waals surface area contributed by atoms with Crippen LogP contribution in [0, 0.1) is 0 Å². The van der Waals surface area contributed by atoms with Crippen LogP contribution in [0.5, 0.6) is 0 Å². The molecule has 1 aromatic carbocycles. The molecule has 0 bridgehead atoms. The minimum Gasteiger partial charge on any atom is -0.463 e. The number of furan rings is 1. The number of aromatic nitrogens is 3. The lowest BCUT2D eigenvalue weighted by Gasteiger charge is -2.08. The highest BCUT2D eigenvalue weighted by atomic mass is 16.3. The van der Waals surface area contributed by atoms with Crippen molar-refractivity contribution in [2.24, 2.45) is 0 Å². The number of amides is 1. The summed E-state index contributed by atoms with van der Waals surface area (Å²) in [4.78, 5) is 16.9. The fourth-order valence-electron chi connectivity index (χ4n) is 2.81. The summed E-state index contributed by atoms with van der Waals surface area (Å²) in [5, 5.41) is 7.52. The van der Waals surface area contributed by atoms with Gasteiger partial charge in [0.05, 0.1) is 12.0 Å². The first-order valence-electron chi connectivity index (χ1n) is 8.68. The van der Waals surface area contributed by atoms with Gasteiger partial charge in [-0.25, -0.2) is 4.68 Å². The Bertz CT molecular complexity index is 1010. The molecule has 4 rings (SSSR count). The Kier molecular flexibility index (Phi) is 4.78. The first-order chi connectivity index (χ1) is 13.3. The molecule has 1 N–H and O–H groups in total. The molecule has 134 valence electrons. The Morgan fingerprint density at radius 3 is 2.70 bits per heavy atom. The number of nitrogens with zero attached hydrogens (tertiary/aromatic N) is 3. The molecule has 0 spiro atoms. The first kappa shape index (κ1) is 16.8. The van der Waals surface area contributed by atoms with Gasteiger partial charge in [0, 0.05) is 25.0 Å². The van der Waals surface area contributed by atoms with Gasteiger partial charge in [-0.2, -0.15) is 5.10 Å².